The molecule has 0 saturated carbocycles. The van der Waals surface area contributed by atoms with Gasteiger partial charge < -0.3 is 5.32 Å². The van der Waals surface area contributed by atoms with Crippen LogP contribution < -0.4 is 5.32 Å². The highest BCUT2D eigenvalue weighted by Crippen LogP contribution is 2.27. The van der Waals surface area contributed by atoms with Gasteiger partial charge in [-0.05, 0) is 35.9 Å². The normalized spacial score (nSPS) is 16.4. The smallest absolute Gasteiger partial charge is 0.289 e. The molecule has 172 valence electrons. The van der Waals surface area contributed by atoms with Gasteiger partial charge in [-0.1, -0.05) is 42.5 Å². The minimum atomic E-state index is -4.01. The zero-order valence-electron chi connectivity index (χ0n) is 18.0. The SMILES string of the molecule is C[C@H](C(=O)Nc1ccc2ccccc2c1)N1CCN(S(=O)(=O)c2ccccc2[N+](=O)[O-])CC1. The highest BCUT2D eigenvalue weighted by Gasteiger charge is 2.35. The monoisotopic (exact) mass is 468 g/mol. The summed E-state index contributed by atoms with van der Waals surface area (Å²) in [6, 6.07) is 18.5. The van der Waals surface area contributed by atoms with Gasteiger partial charge in [0.1, 0.15) is 0 Å². The Kier molecular flexibility index (Phi) is 6.41. The van der Waals surface area contributed by atoms with Crippen LogP contribution in [0.5, 0.6) is 0 Å². The summed E-state index contributed by atoms with van der Waals surface area (Å²) in [5.41, 5.74) is 0.256. The van der Waals surface area contributed by atoms with Crippen LogP contribution in [0.3, 0.4) is 0 Å². The lowest BCUT2D eigenvalue weighted by molar-refractivity contribution is -0.387. The Balaban J connectivity index is 1.40. The molecular weight excluding hydrogens is 444 g/mol. The first kappa shape index (κ1) is 22.8. The number of nitrogens with zero attached hydrogens (tertiary/aromatic N) is 3. The molecule has 1 heterocycles. The van der Waals surface area contributed by atoms with Gasteiger partial charge in [0, 0.05) is 37.9 Å². The van der Waals surface area contributed by atoms with Crippen molar-refractivity contribution >= 4 is 38.1 Å². The molecule has 1 aliphatic heterocycles. The van der Waals surface area contributed by atoms with Gasteiger partial charge >= 0.3 is 0 Å². The van der Waals surface area contributed by atoms with Crippen molar-refractivity contribution in [3.63, 3.8) is 0 Å². The average molecular weight is 469 g/mol. The Morgan fingerprint density at radius 2 is 1.61 bits per heavy atom. The predicted molar refractivity (Wildman–Crippen MR) is 125 cm³/mol. The summed E-state index contributed by atoms with van der Waals surface area (Å²) < 4.78 is 27.2. The third kappa shape index (κ3) is 4.72. The van der Waals surface area contributed by atoms with E-state index in [1.807, 2.05) is 47.4 Å². The van der Waals surface area contributed by atoms with Gasteiger partial charge in [-0.25, -0.2) is 8.42 Å². The van der Waals surface area contributed by atoms with Crippen molar-refractivity contribution in [2.45, 2.75) is 17.9 Å². The molecule has 1 saturated heterocycles. The molecule has 1 fully saturated rings. The highest BCUT2D eigenvalue weighted by molar-refractivity contribution is 7.89. The zero-order chi connectivity index (χ0) is 23.6. The second-order valence-corrected chi connectivity index (χ2v) is 9.80. The minimum Gasteiger partial charge on any atom is -0.325 e. The molecule has 0 radical (unpaired) electrons. The second-order valence-electron chi connectivity index (χ2n) is 7.89. The maximum Gasteiger partial charge on any atom is 0.289 e. The molecule has 4 rings (SSSR count). The van der Waals surface area contributed by atoms with Crippen molar-refractivity contribution in [3.8, 4) is 0 Å². The number of para-hydroxylation sites is 1. The number of nitro benzene ring substituents is 1. The third-order valence-corrected chi connectivity index (χ3v) is 7.84. The lowest BCUT2D eigenvalue weighted by Crippen LogP contribution is -2.53. The van der Waals surface area contributed by atoms with Crippen molar-refractivity contribution in [1.29, 1.82) is 0 Å². The Bertz CT molecular complexity index is 1300. The van der Waals surface area contributed by atoms with Crippen molar-refractivity contribution in [2.24, 2.45) is 0 Å². The van der Waals surface area contributed by atoms with Crippen LogP contribution in [-0.2, 0) is 14.8 Å². The van der Waals surface area contributed by atoms with E-state index < -0.39 is 26.7 Å². The fourth-order valence-electron chi connectivity index (χ4n) is 3.98. The summed E-state index contributed by atoms with van der Waals surface area (Å²) in [5, 5.41) is 16.3. The van der Waals surface area contributed by atoms with Crippen LogP contribution in [0.4, 0.5) is 11.4 Å². The van der Waals surface area contributed by atoms with Crippen LogP contribution in [0.25, 0.3) is 10.8 Å². The minimum absolute atomic E-state index is 0.141. The number of anilines is 1. The molecule has 1 N–H and O–H groups in total. The van der Waals surface area contributed by atoms with Crippen molar-refractivity contribution in [1.82, 2.24) is 9.21 Å². The molecule has 0 unspecified atom stereocenters. The molecule has 33 heavy (non-hydrogen) atoms. The number of hydrogen-bond donors (Lipinski definition) is 1. The number of rotatable bonds is 6. The number of piperazine rings is 1. The van der Waals surface area contributed by atoms with Gasteiger partial charge in [-0.15, -0.1) is 0 Å². The van der Waals surface area contributed by atoms with E-state index in [1.54, 1.807) is 6.92 Å². The Morgan fingerprint density at radius 3 is 2.30 bits per heavy atom. The van der Waals surface area contributed by atoms with Crippen molar-refractivity contribution < 1.29 is 18.1 Å². The summed E-state index contributed by atoms with van der Waals surface area (Å²) in [6.45, 7) is 2.74. The molecule has 9 nitrogen and oxygen atoms in total. The second kappa shape index (κ2) is 9.26. The van der Waals surface area contributed by atoms with Crippen LogP contribution in [0.15, 0.2) is 71.6 Å². The number of hydrogen-bond acceptors (Lipinski definition) is 6. The standard InChI is InChI=1S/C23H24N4O5S/c1-17(23(28)24-20-11-10-18-6-2-3-7-19(18)16-20)25-12-14-26(15-13-25)33(31,32)22-9-5-4-8-21(22)27(29)30/h2-11,16-17H,12-15H2,1H3,(H,24,28)/t17-/m1/s1. The molecule has 3 aromatic carbocycles. The molecular formula is C23H24N4O5S. The van der Waals surface area contributed by atoms with Gasteiger partial charge in [0.25, 0.3) is 5.69 Å². The number of amides is 1. The van der Waals surface area contributed by atoms with Gasteiger partial charge in [0.05, 0.1) is 11.0 Å². The Morgan fingerprint density at radius 1 is 0.970 bits per heavy atom. The molecule has 3 aromatic rings. The molecule has 1 atom stereocenters. The van der Waals surface area contributed by atoms with Crippen LogP contribution >= 0.6 is 0 Å². The molecule has 0 aliphatic carbocycles. The van der Waals surface area contributed by atoms with Gasteiger partial charge in [0.2, 0.25) is 15.9 Å². The van der Waals surface area contributed by atoms with Crippen molar-refractivity contribution in [2.75, 3.05) is 31.5 Å². The quantitative estimate of drug-likeness (QED) is 0.439. The maximum atomic E-state index is 13.0. The van der Waals surface area contributed by atoms with E-state index in [0.717, 1.165) is 10.8 Å². The molecule has 1 aliphatic rings. The van der Waals surface area contributed by atoms with E-state index in [0.29, 0.717) is 18.8 Å². The number of fused-ring (bicyclic) bond motifs is 1. The number of nitrogens with one attached hydrogen (secondary N) is 1. The third-order valence-electron chi connectivity index (χ3n) is 5.90. The summed E-state index contributed by atoms with van der Waals surface area (Å²) in [7, 11) is -4.01. The van der Waals surface area contributed by atoms with E-state index >= 15 is 0 Å². The lowest BCUT2D eigenvalue weighted by Gasteiger charge is -2.36. The largest absolute Gasteiger partial charge is 0.325 e. The average Bonchev–Trinajstić information content (AvgIpc) is 2.83. The Labute approximate surface area is 191 Å². The van der Waals surface area contributed by atoms with E-state index in [1.165, 1.54) is 28.6 Å². The molecule has 10 heteroatoms. The fourth-order valence-corrected chi connectivity index (χ4v) is 5.56. The van der Waals surface area contributed by atoms with E-state index in [4.69, 9.17) is 0 Å². The Hall–Kier alpha value is -3.34. The van der Waals surface area contributed by atoms with E-state index in [2.05, 4.69) is 5.32 Å². The predicted octanol–water partition coefficient (Wildman–Crippen LogP) is 3.08. The molecule has 0 aromatic heterocycles. The number of carbonyl (C=O) groups is 1. The van der Waals surface area contributed by atoms with Crippen molar-refractivity contribution in [3.05, 3.63) is 76.8 Å². The van der Waals surface area contributed by atoms with Gasteiger partial charge in [-0.2, -0.15) is 4.31 Å². The lowest BCUT2D eigenvalue weighted by atomic mass is 10.1. The first-order valence-electron chi connectivity index (χ1n) is 10.5. The van der Waals surface area contributed by atoms with Crippen LogP contribution in [0, 0.1) is 10.1 Å². The number of carbonyl (C=O) groups excluding carboxylic acids is 1. The summed E-state index contributed by atoms with van der Waals surface area (Å²) in [4.78, 5) is 25.0. The maximum absolute atomic E-state index is 13.0. The van der Waals surface area contributed by atoms with Gasteiger partial charge in [-0.3, -0.25) is 19.8 Å². The van der Waals surface area contributed by atoms with E-state index in [9.17, 15) is 23.3 Å². The summed E-state index contributed by atoms with van der Waals surface area (Å²) in [5.74, 6) is -0.180. The van der Waals surface area contributed by atoms with Crippen LogP contribution in [-0.4, -0.2) is 60.7 Å². The van der Waals surface area contributed by atoms with Crippen LogP contribution in [0.2, 0.25) is 0 Å². The highest BCUT2D eigenvalue weighted by atomic mass is 32.2. The fraction of sp³-hybridized carbons (Fsp3) is 0.261. The molecule has 0 bridgehead atoms. The summed E-state index contributed by atoms with van der Waals surface area (Å²) >= 11 is 0. The zero-order valence-corrected chi connectivity index (χ0v) is 18.9. The van der Waals surface area contributed by atoms with Crippen LogP contribution in [0.1, 0.15) is 6.92 Å². The topological polar surface area (TPSA) is 113 Å². The van der Waals surface area contributed by atoms with Gasteiger partial charge in [0.15, 0.2) is 4.90 Å². The first-order chi connectivity index (χ1) is 15.8. The molecule has 0 spiro atoms. The molecule has 1 amide bonds. The number of sulfonamides is 1. The summed E-state index contributed by atoms with van der Waals surface area (Å²) in [6.07, 6.45) is 0. The van der Waals surface area contributed by atoms with E-state index in [-0.39, 0.29) is 23.9 Å². The first-order valence-corrected chi connectivity index (χ1v) is 12.0. The number of benzene rings is 3. The number of nitro groups is 1.